The fourth-order valence-corrected chi connectivity index (χ4v) is 3.99. The molecule has 1 aromatic heterocycles. The van der Waals surface area contributed by atoms with Gasteiger partial charge in [0.15, 0.2) is 0 Å². The van der Waals surface area contributed by atoms with E-state index in [9.17, 15) is 18.0 Å². The lowest BCUT2D eigenvalue weighted by Crippen LogP contribution is -2.20. The summed E-state index contributed by atoms with van der Waals surface area (Å²) >= 11 is 1.44. The van der Waals surface area contributed by atoms with Gasteiger partial charge in [0.1, 0.15) is 10.9 Å². The molecule has 0 radical (unpaired) electrons. The molecule has 3 rings (SSSR count). The number of ether oxygens (including phenoxy) is 1. The van der Waals surface area contributed by atoms with Gasteiger partial charge in [0.2, 0.25) is 0 Å². The van der Waals surface area contributed by atoms with Gasteiger partial charge in [-0.3, -0.25) is 4.79 Å². The zero-order chi connectivity index (χ0) is 17.3. The highest BCUT2D eigenvalue weighted by atomic mass is 32.1. The van der Waals surface area contributed by atoms with Crippen LogP contribution in [0.3, 0.4) is 0 Å². The van der Waals surface area contributed by atoms with Crippen molar-refractivity contribution in [1.82, 2.24) is 4.98 Å². The Balaban J connectivity index is 1.90. The lowest BCUT2D eigenvalue weighted by molar-refractivity contribution is -0.145. The smallest absolute Gasteiger partial charge is 0.416 e. The molecule has 1 aliphatic rings. The molecule has 1 atom stereocenters. The minimum absolute atomic E-state index is 0.275. The van der Waals surface area contributed by atoms with Gasteiger partial charge in [-0.25, -0.2) is 4.98 Å². The Kier molecular flexibility index (Phi) is 4.62. The number of carbonyl (C=O) groups is 1. The predicted octanol–water partition coefficient (Wildman–Crippen LogP) is 4.81. The minimum atomic E-state index is -4.35. The molecule has 1 unspecified atom stereocenters. The fraction of sp³-hybridized carbons (Fsp3) is 0.412. The zero-order valence-electron chi connectivity index (χ0n) is 13.0. The Hall–Kier alpha value is -1.89. The average Bonchev–Trinajstić information content (AvgIpc) is 2.98. The number of carbonyl (C=O) groups excluding carboxylic acids is 1. The number of hydrogen-bond acceptors (Lipinski definition) is 4. The van der Waals surface area contributed by atoms with Crippen LogP contribution < -0.4 is 0 Å². The second-order valence-electron chi connectivity index (χ2n) is 5.60. The molecule has 0 aliphatic heterocycles. The summed E-state index contributed by atoms with van der Waals surface area (Å²) in [5.74, 6) is -0.643. The molecule has 3 nitrogen and oxygen atoms in total. The van der Waals surface area contributed by atoms with E-state index in [4.69, 9.17) is 4.74 Å². The summed E-state index contributed by atoms with van der Waals surface area (Å²) < 4.78 is 43.1. The van der Waals surface area contributed by atoms with Crippen molar-refractivity contribution in [2.24, 2.45) is 0 Å². The van der Waals surface area contributed by atoms with Crippen LogP contribution in [0.15, 0.2) is 24.3 Å². The number of nitrogens with zero attached hydrogens (tertiary/aromatic N) is 1. The number of aryl methyl sites for hydroxylation is 1. The van der Waals surface area contributed by atoms with E-state index in [1.54, 1.807) is 6.92 Å². The molecule has 7 heteroatoms. The third kappa shape index (κ3) is 3.31. The molecule has 1 heterocycles. The quantitative estimate of drug-likeness (QED) is 0.742. The SMILES string of the molecule is CCOC(=O)C1CCCc2sc(-c3ccc(C(F)(F)F)cc3)nc21. The first kappa shape index (κ1) is 17.0. The van der Waals surface area contributed by atoms with Crippen LogP contribution in [-0.4, -0.2) is 17.6 Å². The molecule has 2 aromatic rings. The van der Waals surface area contributed by atoms with Crippen LogP contribution in [-0.2, 0) is 22.1 Å². The van der Waals surface area contributed by atoms with Crippen LogP contribution in [0.1, 0.15) is 41.8 Å². The van der Waals surface area contributed by atoms with Crippen molar-refractivity contribution >= 4 is 17.3 Å². The summed E-state index contributed by atoms with van der Waals surface area (Å²) in [4.78, 5) is 17.6. The van der Waals surface area contributed by atoms with Gasteiger partial charge in [0.05, 0.1) is 17.9 Å². The van der Waals surface area contributed by atoms with Crippen molar-refractivity contribution in [2.45, 2.75) is 38.3 Å². The zero-order valence-corrected chi connectivity index (χ0v) is 13.8. The molecule has 0 amide bonds. The van der Waals surface area contributed by atoms with E-state index < -0.39 is 11.7 Å². The summed E-state index contributed by atoms with van der Waals surface area (Å²) in [5, 5.41) is 0.643. The number of thiazole rings is 1. The summed E-state index contributed by atoms with van der Waals surface area (Å²) in [6, 6.07) is 4.95. The number of halogens is 3. The number of benzene rings is 1. The largest absolute Gasteiger partial charge is 0.465 e. The predicted molar refractivity (Wildman–Crippen MR) is 84.9 cm³/mol. The van der Waals surface area contributed by atoms with Gasteiger partial charge in [-0.15, -0.1) is 11.3 Å². The third-order valence-corrected chi connectivity index (χ3v) is 5.16. The van der Waals surface area contributed by atoms with E-state index in [1.807, 2.05) is 0 Å². The molecule has 0 saturated carbocycles. The summed E-state index contributed by atoms with van der Waals surface area (Å²) in [5.41, 5.74) is 0.668. The topological polar surface area (TPSA) is 39.2 Å². The molecule has 1 aliphatic carbocycles. The van der Waals surface area contributed by atoms with Gasteiger partial charge in [0, 0.05) is 10.4 Å². The van der Waals surface area contributed by atoms with Crippen LogP contribution in [0.25, 0.3) is 10.6 Å². The van der Waals surface area contributed by atoms with Crippen molar-refractivity contribution in [3.63, 3.8) is 0 Å². The van der Waals surface area contributed by atoms with Crippen LogP contribution >= 0.6 is 11.3 Å². The standard InChI is InChI=1S/C17H16F3NO2S/c1-2-23-16(22)12-4-3-5-13-14(12)21-15(24-13)10-6-8-11(9-7-10)17(18,19)20/h6-9,12H,2-5H2,1H3. The minimum Gasteiger partial charge on any atom is -0.465 e. The van der Waals surface area contributed by atoms with E-state index in [0.717, 1.165) is 35.5 Å². The maximum absolute atomic E-state index is 12.7. The van der Waals surface area contributed by atoms with Crippen LogP contribution in [0.4, 0.5) is 13.2 Å². The Bertz CT molecular complexity index is 737. The second-order valence-corrected chi connectivity index (χ2v) is 6.68. The second kappa shape index (κ2) is 6.55. The Morgan fingerprint density at radius 1 is 1.33 bits per heavy atom. The number of fused-ring (bicyclic) bond motifs is 1. The highest BCUT2D eigenvalue weighted by Crippen LogP contribution is 2.39. The molecular formula is C17H16F3NO2S. The Morgan fingerprint density at radius 2 is 2.04 bits per heavy atom. The number of hydrogen-bond donors (Lipinski definition) is 0. The molecule has 1 aromatic carbocycles. The van der Waals surface area contributed by atoms with E-state index in [2.05, 4.69) is 4.98 Å². The molecule has 0 fully saturated rings. The number of alkyl halides is 3. The molecule has 128 valence electrons. The van der Waals surface area contributed by atoms with E-state index in [1.165, 1.54) is 23.5 Å². The van der Waals surface area contributed by atoms with Gasteiger partial charge < -0.3 is 4.74 Å². The van der Waals surface area contributed by atoms with Gasteiger partial charge in [-0.05, 0) is 38.3 Å². The van der Waals surface area contributed by atoms with Crippen molar-refractivity contribution in [3.05, 3.63) is 40.4 Å². The maximum Gasteiger partial charge on any atom is 0.416 e. The van der Waals surface area contributed by atoms with Gasteiger partial charge in [-0.2, -0.15) is 13.2 Å². The van der Waals surface area contributed by atoms with Crippen LogP contribution in [0.2, 0.25) is 0 Å². The molecule has 24 heavy (non-hydrogen) atoms. The average molecular weight is 355 g/mol. The van der Waals surface area contributed by atoms with Crippen LogP contribution in [0, 0.1) is 0 Å². The number of rotatable bonds is 3. The van der Waals surface area contributed by atoms with Crippen LogP contribution in [0.5, 0.6) is 0 Å². The third-order valence-electron chi connectivity index (χ3n) is 3.98. The Labute approximate surface area is 141 Å². The van der Waals surface area contributed by atoms with Crippen molar-refractivity contribution in [3.8, 4) is 10.6 Å². The molecule has 0 saturated heterocycles. The molecule has 0 N–H and O–H groups in total. The first-order valence-corrected chi connectivity index (χ1v) is 8.55. The van der Waals surface area contributed by atoms with Gasteiger partial charge in [-0.1, -0.05) is 12.1 Å². The van der Waals surface area contributed by atoms with E-state index in [0.29, 0.717) is 23.6 Å². The highest BCUT2D eigenvalue weighted by molar-refractivity contribution is 7.15. The summed E-state index contributed by atoms with van der Waals surface area (Å²) in [7, 11) is 0. The molecule has 0 bridgehead atoms. The lowest BCUT2D eigenvalue weighted by Gasteiger charge is -2.19. The molecular weight excluding hydrogens is 339 g/mol. The van der Waals surface area contributed by atoms with Gasteiger partial charge >= 0.3 is 12.1 Å². The Morgan fingerprint density at radius 3 is 2.67 bits per heavy atom. The number of aromatic nitrogens is 1. The first-order valence-electron chi connectivity index (χ1n) is 7.74. The van der Waals surface area contributed by atoms with Crippen molar-refractivity contribution in [2.75, 3.05) is 6.61 Å². The van der Waals surface area contributed by atoms with Crippen molar-refractivity contribution in [1.29, 1.82) is 0 Å². The monoisotopic (exact) mass is 355 g/mol. The van der Waals surface area contributed by atoms with Gasteiger partial charge in [0.25, 0.3) is 0 Å². The lowest BCUT2D eigenvalue weighted by atomic mass is 9.91. The van der Waals surface area contributed by atoms with E-state index in [-0.39, 0.29) is 11.9 Å². The fourth-order valence-electron chi connectivity index (χ4n) is 2.82. The molecule has 0 spiro atoms. The van der Waals surface area contributed by atoms with E-state index >= 15 is 0 Å². The first-order chi connectivity index (χ1) is 11.4. The highest BCUT2D eigenvalue weighted by Gasteiger charge is 2.32. The maximum atomic E-state index is 12.7. The normalized spacial score (nSPS) is 17.4. The summed E-state index contributed by atoms with van der Waals surface area (Å²) in [6.07, 6.45) is -1.94. The summed E-state index contributed by atoms with van der Waals surface area (Å²) in [6.45, 7) is 2.08. The number of esters is 1. The van der Waals surface area contributed by atoms with Crippen molar-refractivity contribution < 1.29 is 22.7 Å².